The summed E-state index contributed by atoms with van der Waals surface area (Å²) in [6, 6.07) is 5.76. The molecule has 0 aromatic heterocycles. The van der Waals surface area contributed by atoms with Crippen molar-refractivity contribution in [1.82, 2.24) is 10.2 Å². The Labute approximate surface area is 137 Å². The quantitative estimate of drug-likeness (QED) is 0.900. The van der Waals surface area contributed by atoms with Gasteiger partial charge in [-0.25, -0.2) is 0 Å². The Balaban J connectivity index is 1.48. The number of hydrogen-bond acceptors (Lipinski definition) is 4. The van der Waals surface area contributed by atoms with Crippen LogP contribution in [0.1, 0.15) is 24.8 Å². The summed E-state index contributed by atoms with van der Waals surface area (Å²) in [7, 11) is 1.65. The van der Waals surface area contributed by atoms with Crippen LogP contribution in [-0.2, 0) is 11.2 Å². The number of rotatable bonds is 5. The van der Waals surface area contributed by atoms with Gasteiger partial charge in [-0.3, -0.25) is 4.79 Å². The number of hydrogen-bond donors (Lipinski definition) is 1. The number of carbonyl (C=O) groups excluding carboxylic acids is 1. The molecule has 1 fully saturated rings. The molecule has 2 aliphatic heterocycles. The number of nitrogens with zero attached hydrogens (tertiary/aromatic N) is 1. The lowest BCUT2D eigenvalue weighted by Crippen LogP contribution is -2.42. The molecule has 126 valence electrons. The number of amides is 1. The maximum atomic E-state index is 12.4. The van der Waals surface area contributed by atoms with Crippen molar-refractivity contribution in [3.8, 4) is 11.5 Å². The Morgan fingerprint density at radius 3 is 2.96 bits per heavy atom. The van der Waals surface area contributed by atoms with Crippen LogP contribution < -0.4 is 14.8 Å². The standard InChI is InChI=1S/C18H26N2O3/c1-22-16-5-6-17-14(12-16)11-15(13-23-17)18(21)19-7-10-20-8-3-2-4-9-20/h5-6,12,15H,2-4,7-11,13H2,1H3,(H,19,21)/t15-/m1/s1. The van der Waals surface area contributed by atoms with Gasteiger partial charge < -0.3 is 19.7 Å². The zero-order chi connectivity index (χ0) is 16.1. The number of benzene rings is 1. The number of methoxy groups -OCH3 is 1. The molecule has 1 saturated heterocycles. The highest BCUT2D eigenvalue weighted by atomic mass is 16.5. The van der Waals surface area contributed by atoms with Crippen molar-refractivity contribution >= 4 is 5.91 Å². The van der Waals surface area contributed by atoms with Gasteiger partial charge in [0.25, 0.3) is 0 Å². The summed E-state index contributed by atoms with van der Waals surface area (Å²) in [5.74, 6) is 1.65. The van der Waals surface area contributed by atoms with E-state index in [4.69, 9.17) is 9.47 Å². The fraction of sp³-hybridized carbons (Fsp3) is 0.611. The first-order valence-corrected chi connectivity index (χ1v) is 8.56. The smallest absolute Gasteiger partial charge is 0.226 e. The average molecular weight is 318 g/mol. The highest BCUT2D eigenvalue weighted by Crippen LogP contribution is 2.30. The van der Waals surface area contributed by atoms with E-state index in [9.17, 15) is 4.79 Å². The monoisotopic (exact) mass is 318 g/mol. The fourth-order valence-electron chi connectivity index (χ4n) is 3.33. The van der Waals surface area contributed by atoms with Crippen LogP contribution in [0.5, 0.6) is 11.5 Å². The predicted octanol–water partition coefficient (Wildman–Crippen LogP) is 1.85. The van der Waals surface area contributed by atoms with Crippen molar-refractivity contribution in [2.45, 2.75) is 25.7 Å². The normalized spacial score (nSPS) is 21.2. The van der Waals surface area contributed by atoms with E-state index in [2.05, 4.69) is 10.2 Å². The Kier molecular flexibility index (Phi) is 5.39. The van der Waals surface area contributed by atoms with E-state index < -0.39 is 0 Å². The third-order valence-electron chi connectivity index (χ3n) is 4.72. The van der Waals surface area contributed by atoms with Gasteiger partial charge in [0.1, 0.15) is 18.1 Å². The molecule has 1 aromatic rings. The highest BCUT2D eigenvalue weighted by molar-refractivity contribution is 5.79. The average Bonchev–Trinajstić information content (AvgIpc) is 2.61. The molecule has 1 aromatic carbocycles. The fourth-order valence-corrected chi connectivity index (χ4v) is 3.33. The number of carbonyl (C=O) groups is 1. The van der Waals surface area contributed by atoms with Gasteiger partial charge in [-0.05, 0) is 56.1 Å². The number of piperidine rings is 1. The van der Waals surface area contributed by atoms with Crippen LogP contribution in [0.25, 0.3) is 0 Å². The van der Waals surface area contributed by atoms with Gasteiger partial charge in [0.15, 0.2) is 0 Å². The molecule has 5 nitrogen and oxygen atoms in total. The molecular formula is C18H26N2O3. The molecule has 23 heavy (non-hydrogen) atoms. The lowest BCUT2D eigenvalue weighted by Gasteiger charge is -2.27. The maximum absolute atomic E-state index is 12.4. The molecule has 5 heteroatoms. The zero-order valence-corrected chi connectivity index (χ0v) is 13.8. The van der Waals surface area contributed by atoms with Crippen LogP contribution in [-0.4, -0.2) is 50.7 Å². The van der Waals surface area contributed by atoms with Crippen LogP contribution in [0.4, 0.5) is 0 Å². The first-order chi connectivity index (χ1) is 11.3. The van der Waals surface area contributed by atoms with Gasteiger partial charge in [0.2, 0.25) is 5.91 Å². The molecule has 2 aliphatic rings. The van der Waals surface area contributed by atoms with Gasteiger partial charge >= 0.3 is 0 Å². The van der Waals surface area contributed by atoms with Crippen molar-refractivity contribution in [3.05, 3.63) is 23.8 Å². The van der Waals surface area contributed by atoms with Gasteiger partial charge in [-0.1, -0.05) is 6.42 Å². The van der Waals surface area contributed by atoms with Gasteiger partial charge in [-0.2, -0.15) is 0 Å². The minimum absolute atomic E-state index is 0.0930. The van der Waals surface area contributed by atoms with Crippen molar-refractivity contribution in [1.29, 1.82) is 0 Å². The van der Waals surface area contributed by atoms with Crippen molar-refractivity contribution in [3.63, 3.8) is 0 Å². The van der Waals surface area contributed by atoms with Crippen LogP contribution in [0.3, 0.4) is 0 Å². The van der Waals surface area contributed by atoms with Crippen LogP contribution in [0.2, 0.25) is 0 Å². The van der Waals surface area contributed by atoms with E-state index in [0.717, 1.165) is 43.2 Å². The maximum Gasteiger partial charge on any atom is 0.226 e. The van der Waals surface area contributed by atoms with E-state index in [1.54, 1.807) is 7.11 Å². The first-order valence-electron chi connectivity index (χ1n) is 8.56. The molecule has 2 heterocycles. The summed E-state index contributed by atoms with van der Waals surface area (Å²) in [5, 5.41) is 3.07. The summed E-state index contributed by atoms with van der Waals surface area (Å²) in [6.45, 7) is 4.45. The minimum Gasteiger partial charge on any atom is -0.497 e. The molecule has 1 atom stereocenters. The van der Waals surface area contributed by atoms with Crippen molar-refractivity contribution in [2.75, 3.05) is 39.9 Å². The minimum atomic E-state index is -0.115. The van der Waals surface area contributed by atoms with E-state index in [0.29, 0.717) is 13.0 Å². The summed E-state index contributed by atoms with van der Waals surface area (Å²) in [4.78, 5) is 14.8. The Hall–Kier alpha value is -1.75. The summed E-state index contributed by atoms with van der Waals surface area (Å²) < 4.78 is 11.0. The highest BCUT2D eigenvalue weighted by Gasteiger charge is 2.26. The van der Waals surface area contributed by atoms with Crippen LogP contribution in [0, 0.1) is 5.92 Å². The molecule has 0 aliphatic carbocycles. The topological polar surface area (TPSA) is 50.8 Å². The third kappa shape index (κ3) is 4.16. The molecule has 0 spiro atoms. The largest absolute Gasteiger partial charge is 0.497 e. The molecular weight excluding hydrogens is 292 g/mol. The lowest BCUT2D eigenvalue weighted by molar-refractivity contribution is -0.126. The Morgan fingerprint density at radius 1 is 1.35 bits per heavy atom. The van der Waals surface area contributed by atoms with Gasteiger partial charge in [0, 0.05) is 13.1 Å². The van der Waals surface area contributed by atoms with E-state index in [1.807, 2.05) is 18.2 Å². The van der Waals surface area contributed by atoms with Crippen molar-refractivity contribution < 1.29 is 14.3 Å². The number of fused-ring (bicyclic) bond motifs is 1. The third-order valence-corrected chi connectivity index (χ3v) is 4.72. The number of nitrogens with one attached hydrogen (secondary N) is 1. The van der Waals surface area contributed by atoms with Crippen molar-refractivity contribution in [2.24, 2.45) is 5.92 Å². The van der Waals surface area contributed by atoms with Gasteiger partial charge in [0.05, 0.1) is 13.0 Å². The second-order valence-corrected chi connectivity index (χ2v) is 6.38. The second kappa shape index (κ2) is 7.68. The number of ether oxygens (including phenoxy) is 2. The first kappa shape index (κ1) is 16.1. The molecule has 0 radical (unpaired) electrons. The van der Waals surface area contributed by atoms with Crippen LogP contribution >= 0.6 is 0 Å². The summed E-state index contributed by atoms with van der Waals surface area (Å²) in [6.07, 6.45) is 4.61. The molecule has 0 unspecified atom stereocenters. The number of likely N-dealkylation sites (tertiary alicyclic amines) is 1. The predicted molar refractivity (Wildman–Crippen MR) is 89.0 cm³/mol. The van der Waals surface area contributed by atoms with E-state index >= 15 is 0 Å². The van der Waals surface area contributed by atoms with Crippen LogP contribution in [0.15, 0.2) is 18.2 Å². The SMILES string of the molecule is COc1ccc2c(c1)C[C@@H](C(=O)NCCN1CCCCC1)CO2. The zero-order valence-electron chi connectivity index (χ0n) is 13.8. The summed E-state index contributed by atoms with van der Waals surface area (Å²) in [5.41, 5.74) is 1.05. The molecule has 0 saturated carbocycles. The summed E-state index contributed by atoms with van der Waals surface area (Å²) >= 11 is 0. The Morgan fingerprint density at radius 2 is 2.17 bits per heavy atom. The molecule has 1 amide bonds. The molecule has 1 N–H and O–H groups in total. The Bertz CT molecular complexity index is 541. The van der Waals surface area contributed by atoms with E-state index in [-0.39, 0.29) is 11.8 Å². The lowest BCUT2D eigenvalue weighted by atomic mass is 9.96. The molecule has 3 rings (SSSR count). The molecule has 0 bridgehead atoms. The second-order valence-electron chi connectivity index (χ2n) is 6.38. The van der Waals surface area contributed by atoms with E-state index in [1.165, 1.54) is 19.3 Å². The van der Waals surface area contributed by atoms with Gasteiger partial charge in [-0.15, -0.1) is 0 Å².